The third kappa shape index (κ3) is 3.16. The number of pyridine rings is 1. The fourth-order valence-electron chi connectivity index (χ4n) is 0.803. The average Bonchev–Trinajstić information content (AvgIpc) is 2.06. The van der Waals surface area contributed by atoms with Gasteiger partial charge in [0, 0.05) is 12.3 Å². The van der Waals surface area contributed by atoms with E-state index < -0.39 is 12.0 Å². The van der Waals surface area contributed by atoms with E-state index in [0.717, 1.165) is 12.1 Å². The summed E-state index contributed by atoms with van der Waals surface area (Å²) in [5.41, 5.74) is 0.250. The summed E-state index contributed by atoms with van der Waals surface area (Å²) >= 11 is 0. The number of alkyl halides is 3. The maximum Gasteiger partial charge on any atom is 0.409 e. The van der Waals surface area contributed by atoms with E-state index in [1.54, 1.807) is 0 Å². The van der Waals surface area contributed by atoms with Crippen molar-refractivity contribution in [3.8, 4) is 0 Å². The van der Waals surface area contributed by atoms with Gasteiger partial charge in [-0.2, -0.15) is 13.2 Å². The zero-order valence-electron chi connectivity index (χ0n) is 7.27. The highest BCUT2D eigenvalue weighted by Crippen LogP contribution is 2.18. The van der Waals surface area contributed by atoms with E-state index in [1.165, 1.54) is 13.1 Å². The SMILES string of the molecule is Cc1ncc(/C=C/C(F)(F)F)cc1F. The number of hydrogen-bond acceptors (Lipinski definition) is 1. The van der Waals surface area contributed by atoms with E-state index in [0.29, 0.717) is 0 Å². The molecule has 0 aliphatic heterocycles. The molecule has 0 aliphatic rings. The normalized spacial score (nSPS) is 12.4. The lowest BCUT2D eigenvalue weighted by molar-refractivity contribution is -0.0790. The van der Waals surface area contributed by atoms with Crippen LogP contribution in [0.15, 0.2) is 18.3 Å². The van der Waals surface area contributed by atoms with E-state index in [2.05, 4.69) is 4.98 Å². The first kappa shape index (κ1) is 10.7. The molecule has 1 nitrogen and oxygen atoms in total. The van der Waals surface area contributed by atoms with Gasteiger partial charge in [-0.1, -0.05) is 0 Å². The molecule has 1 rings (SSSR count). The Morgan fingerprint density at radius 1 is 1.36 bits per heavy atom. The number of hydrogen-bond donors (Lipinski definition) is 0. The molecule has 0 unspecified atom stereocenters. The molecule has 0 saturated heterocycles. The Bertz CT molecular complexity index is 354. The largest absolute Gasteiger partial charge is 0.409 e. The summed E-state index contributed by atoms with van der Waals surface area (Å²) in [6.07, 6.45) is -2.39. The second-order valence-electron chi connectivity index (χ2n) is 2.71. The van der Waals surface area contributed by atoms with E-state index in [1.807, 2.05) is 0 Å². The zero-order chi connectivity index (χ0) is 10.8. The Balaban J connectivity index is 2.89. The van der Waals surface area contributed by atoms with Crippen LogP contribution in [0.5, 0.6) is 0 Å². The van der Waals surface area contributed by atoms with E-state index in [4.69, 9.17) is 0 Å². The van der Waals surface area contributed by atoms with Crippen LogP contribution in [-0.2, 0) is 0 Å². The summed E-state index contributed by atoms with van der Waals surface area (Å²) in [6, 6.07) is 1.00. The lowest BCUT2D eigenvalue weighted by atomic mass is 10.2. The molecule has 0 bridgehead atoms. The first-order chi connectivity index (χ1) is 6.38. The lowest BCUT2D eigenvalue weighted by Crippen LogP contribution is -2.00. The standard InChI is InChI=1S/C9H7F4N/c1-6-8(10)4-7(5-14-6)2-3-9(11,12)13/h2-5H,1H3/b3-2+. The average molecular weight is 205 g/mol. The van der Waals surface area contributed by atoms with Gasteiger partial charge in [0.15, 0.2) is 0 Å². The van der Waals surface area contributed by atoms with Gasteiger partial charge in [-0.25, -0.2) is 4.39 Å². The minimum atomic E-state index is -4.39. The first-order valence-corrected chi connectivity index (χ1v) is 3.76. The molecule has 0 radical (unpaired) electrons. The van der Waals surface area contributed by atoms with Crippen molar-refractivity contribution in [2.24, 2.45) is 0 Å². The van der Waals surface area contributed by atoms with Crippen LogP contribution >= 0.6 is 0 Å². The van der Waals surface area contributed by atoms with Crippen LogP contribution in [0.25, 0.3) is 6.08 Å². The van der Waals surface area contributed by atoms with Gasteiger partial charge in [-0.3, -0.25) is 4.98 Å². The van der Waals surface area contributed by atoms with E-state index >= 15 is 0 Å². The molecule has 0 N–H and O–H groups in total. The molecule has 0 amide bonds. The highest BCUT2D eigenvalue weighted by atomic mass is 19.4. The number of halogens is 4. The fraction of sp³-hybridized carbons (Fsp3) is 0.222. The van der Waals surface area contributed by atoms with Crippen LogP contribution in [0.1, 0.15) is 11.3 Å². The highest BCUT2D eigenvalue weighted by molar-refractivity contribution is 5.48. The second-order valence-corrected chi connectivity index (χ2v) is 2.71. The smallest absolute Gasteiger partial charge is 0.258 e. The van der Waals surface area contributed by atoms with Crippen LogP contribution in [0.4, 0.5) is 17.6 Å². The maximum absolute atomic E-state index is 12.8. The third-order valence-electron chi connectivity index (χ3n) is 1.51. The molecule has 0 fully saturated rings. The molecule has 0 aromatic carbocycles. The number of aryl methyl sites for hydroxylation is 1. The van der Waals surface area contributed by atoms with Crippen molar-refractivity contribution in [3.05, 3.63) is 35.4 Å². The van der Waals surface area contributed by atoms with Gasteiger partial charge in [0.05, 0.1) is 5.69 Å². The van der Waals surface area contributed by atoms with Crippen molar-refractivity contribution in [1.82, 2.24) is 4.98 Å². The van der Waals surface area contributed by atoms with Crippen molar-refractivity contribution in [3.63, 3.8) is 0 Å². The van der Waals surface area contributed by atoms with Crippen molar-refractivity contribution >= 4 is 6.08 Å². The number of allylic oxidation sites excluding steroid dienone is 1. The minimum absolute atomic E-state index is 0.0405. The molecular weight excluding hydrogens is 198 g/mol. The second kappa shape index (κ2) is 3.77. The molecule has 1 heterocycles. The first-order valence-electron chi connectivity index (χ1n) is 3.76. The Kier molecular flexibility index (Phi) is 2.88. The van der Waals surface area contributed by atoms with Gasteiger partial charge in [0.2, 0.25) is 0 Å². The molecule has 0 saturated carbocycles. The van der Waals surface area contributed by atoms with Crippen molar-refractivity contribution in [2.45, 2.75) is 13.1 Å². The monoisotopic (exact) mass is 205 g/mol. The quantitative estimate of drug-likeness (QED) is 0.642. The van der Waals surface area contributed by atoms with Crippen molar-refractivity contribution in [1.29, 1.82) is 0 Å². The van der Waals surface area contributed by atoms with Gasteiger partial charge in [0.25, 0.3) is 0 Å². The molecule has 14 heavy (non-hydrogen) atoms. The predicted molar refractivity (Wildman–Crippen MR) is 44.0 cm³/mol. The van der Waals surface area contributed by atoms with Crippen LogP contribution in [0.2, 0.25) is 0 Å². The molecular formula is C9H7F4N. The topological polar surface area (TPSA) is 12.9 Å². The van der Waals surface area contributed by atoms with Crippen LogP contribution in [-0.4, -0.2) is 11.2 Å². The van der Waals surface area contributed by atoms with Gasteiger partial charge in [-0.15, -0.1) is 0 Å². The van der Waals surface area contributed by atoms with Gasteiger partial charge < -0.3 is 0 Å². The molecule has 76 valence electrons. The minimum Gasteiger partial charge on any atom is -0.258 e. The van der Waals surface area contributed by atoms with Crippen LogP contribution in [0, 0.1) is 12.7 Å². The van der Waals surface area contributed by atoms with Crippen molar-refractivity contribution < 1.29 is 17.6 Å². The van der Waals surface area contributed by atoms with E-state index in [-0.39, 0.29) is 17.3 Å². The third-order valence-corrected chi connectivity index (χ3v) is 1.51. The maximum atomic E-state index is 12.8. The number of nitrogens with zero attached hydrogens (tertiary/aromatic N) is 1. The highest BCUT2D eigenvalue weighted by Gasteiger charge is 2.21. The van der Waals surface area contributed by atoms with Crippen molar-refractivity contribution in [2.75, 3.05) is 0 Å². The molecule has 0 aliphatic carbocycles. The lowest BCUT2D eigenvalue weighted by Gasteiger charge is -1.99. The predicted octanol–water partition coefficient (Wildman–Crippen LogP) is 3.10. The Morgan fingerprint density at radius 2 is 2.00 bits per heavy atom. The number of rotatable bonds is 1. The summed E-state index contributed by atoms with van der Waals surface area (Å²) < 4.78 is 48.0. The molecule has 1 aromatic heterocycles. The van der Waals surface area contributed by atoms with Gasteiger partial charge >= 0.3 is 6.18 Å². The Labute approximate surface area is 78.1 Å². The summed E-state index contributed by atoms with van der Waals surface area (Å²) in [4.78, 5) is 3.59. The van der Waals surface area contributed by atoms with Crippen LogP contribution in [0.3, 0.4) is 0 Å². The molecule has 1 aromatic rings. The van der Waals surface area contributed by atoms with Gasteiger partial charge in [0.1, 0.15) is 5.82 Å². The Morgan fingerprint density at radius 3 is 2.50 bits per heavy atom. The molecule has 5 heteroatoms. The van der Waals surface area contributed by atoms with Gasteiger partial charge in [-0.05, 0) is 24.6 Å². The van der Waals surface area contributed by atoms with Crippen LogP contribution < -0.4 is 0 Å². The number of aromatic nitrogens is 1. The fourth-order valence-corrected chi connectivity index (χ4v) is 0.803. The summed E-state index contributed by atoms with van der Waals surface area (Å²) in [6.45, 7) is 1.44. The summed E-state index contributed by atoms with van der Waals surface area (Å²) in [5, 5.41) is 0. The summed E-state index contributed by atoms with van der Waals surface area (Å²) in [5.74, 6) is -0.616. The Hall–Kier alpha value is -1.39. The van der Waals surface area contributed by atoms with E-state index in [9.17, 15) is 17.6 Å². The molecule has 0 atom stereocenters. The zero-order valence-corrected chi connectivity index (χ0v) is 7.27. The summed E-state index contributed by atoms with van der Waals surface area (Å²) in [7, 11) is 0. The molecule has 0 spiro atoms.